The Morgan fingerprint density at radius 1 is 1.08 bits per heavy atom. The first-order valence-corrected chi connectivity index (χ1v) is 15.7. The van der Waals surface area contributed by atoms with E-state index in [1.54, 1.807) is 11.9 Å². The summed E-state index contributed by atoms with van der Waals surface area (Å²) in [7, 11) is 1.99. The lowest BCUT2D eigenvalue weighted by Crippen LogP contribution is -2.49. The van der Waals surface area contributed by atoms with E-state index in [1.165, 1.54) is 17.9 Å². The van der Waals surface area contributed by atoms with Gasteiger partial charge < -0.3 is 20.3 Å². The molecule has 0 aromatic heterocycles. The van der Waals surface area contributed by atoms with Gasteiger partial charge >= 0.3 is 0 Å². The lowest BCUT2D eigenvalue weighted by atomic mass is 9.99. The number of nitrogens with one attached hydrogen (secondary N) is 1. The van der Waals surface area contributed by atoms with E-state index in [0.29, 0.717) is 11.5 Å². The van der Waals surface area contributed by atoms with Gasteiger partial charge in [0.25, 0.3) is 5.91 Å². The van der Waals surface area contributed by atoms with Crippen LogP contribution in [0.25, 0.3) is 0 Å². The summed E-state index contributed by atoms with van der Waals surface area (Å²) in [6, 6.07) is 14.5. The Bertz CT molecular complexity index is 1040. The van der Waals surface area contributed by atoms with Crippen LogP contribution in [-0.4, -0.2) is 85.7 Å². The molecule has 0 bridgehead atoms. The van der Waals surface area contributed by atoms with Crippen molar-refractivity contribution in [1.29, 1.82) is 0 Å². The maximum absolute atomic E-state index is 13.4. The third kappa shape index (κ3) is 8.13. The maximum Gasteiger partial charge on any atom is 0.257 e. The monoisotopic (exact) mass is 556 g/mol. The van der Waals surface area contributed by atoms with Crippen molar-refractivity contribution in [2.75, 3.05) is 75.3 Å². The number of nitrogens with two attached hydrogens (primary N) is 1. The van der Waals surface area contributed by atoms with Crippen molar-refractivity contribution in [3.8, 4) is 0 Å². The number of benzene rings is 2. The normalized spacial score (nSPS) is 17.5. The molecular weight excluding hydrogens is 512 g/mol. The molecule has 9 heteroatoms. The Morgan fingerprint density at radius 3 is 2.42 bits per heavy atom. The first-order chi connectivity index (χ1) is 18.3. The number of amides is 1. The number of rotatable bonds is 12. The standard InChI is InChI=1S/C29H44N6OS2/c1-22(2)11-12-33-13-15-35(16-14-33)38-26-8-6-25(7-9-26)31-29(36)27-17-23(5-10-28(27)32(3)37-4)19-34-20-24(18-30)21-34/h5-10,17,22,24H,11-16,18-21,30H2,1-4H3,(H,31,36). The molecule has 3 N–H and O–H groups in total. The van der Waals surface area contributed by atoms with E-state index in [2.05, 4.69) is 57.5 Å². The van der Waals surface area contributed by atoms with E-state index >= 15 is 0 Å². The molecule has 7 nitrogen and oxygen atoms in total. The van der Waals surface area contributed by atoms with E-state index in [9.17, 15) is 4.79 Å². The number of carbonyl (C=O) groups is 1. The fourth-order valence-corrected chi connectivity index (χ4v) is 6.14. The molecule has 0 spiro atoms. The summed E-state index contributed by atoms with van der Waals surface area (Å²) in [6.45, 7) is 13.9. The van der Waals surface area contributed by atoms with Crippen LogP contribution >= 0.6 is 23.9 Å². The molecule has 4 rings (SSSR count). The van der Waals surface area contributed by atoms with Crippen LogP contribution < -0.4 is 15.4 Å². The number of piperazine rings is 1. The zero-order chi connectivity index (χ0) is 27.1. The molecule has 0 aliphatic carbocycles. The quantitative estimate of drug-likeness (QED) is 0.364. The number of hydrogen-bond donors (Lipinski definition) is 2. The van der Waals surface area contributed by atoms with Gasteiger partial charge in [-0.05, 0) is 85.3 Å². The number of hydrogen-bond acceptors (Lipinski definition) is 8. The lowest BCUT2D eigenvalue weighted by molar-refractivity contribution is 0.0976. The summed E-state index contributed by atoms with van der Waals surface area (Å²) < 4.78 is 4.48. The van der Waals surface area contributed by atoms with Gasteiger partial charge in [-0.2, -0.15) is 0 Å². The fourth-order valence-electron chi connectivity index (χ4n) is 4.88. The smallest absolute Gasteiger partial charge is 0.257 e. The molecule has 2 fully saturated rings. The minimum Gasteiger partial charge on any atom is -0.330 e. The van der Waals surface area contributed by atoms with Crippen molar-refractivity contribution in [3.05, 3.63) is 53.6 Å². The molecule has 2 aliphatic rings. The third-order valence-electron chi connectivity index (χ3n) is 7.39. The first-order valence-electron chi connectivity index (χ1n) is 13.7. The van der Waals surface area contributed by atoms with Crippen LogP contribution in [0.3, 0.4) is 0 Å². The van der Waals surface area contributed by atoms with E-state index in [0.717, 1.165) is 75.2 Å². The van der Waals surface area contributed by atoms with E-state index in [-0.39, 0.29) is 5.91 Å². The van der Waals surface area contributed by atoms with Gasteiger partial charge in [-0.3, -0.25) is 9.69 Å². The van der Waals surface area contributed by atoms with Crippen molar-refractivity contribution >= 4 is 41.2 Å². The zero-order valence-corrected chi connectivity index (χ0v) is 25.0. The van der Waals surface area contributed by atoms with E-state index in [1.807, 2.05) is 47.8 Å². The molecule has 2 aliphatic heterocycles. The number of nitrogens with zero attached hydrogens (tertiary/aromatic N) is 4. The lowest BCUT2D eigenvalue weighted by Gasteiger charge is -2.38. The largest absolute Gasteiger partial charge is 0.330 e. The highest BCUT2D eigenvalue weighted by atomic mass is 32.2. The second-order valence-electron chi connectivity index (χ2n) is 10.9. The molecule has 0 unspecified atom stereocenters. The molecule has 1 amide bonds. The Kier molecular flexibility index (Phi) is 10.8. The molecule has 0 radical (unpaired) electrons. The Balaban J connectivity index is 1.34. The van der Waals surface area contributed by atoms with Crippen LogP contribution in [0.4, 0.5) is 11.4 Å². The molecular formula is C29H44N6OS2. The second kappa shape index (κ2) is 14.1. The van der Waals surface area contributed by atoms with Crippen LogP contribution in [-0.2, 0) is 6.54 Å². The Labute approximate surface area is 237 Å². The van der Waals surface area contributed by atoms with Gasteiger partial charge in [0.1, 0.15) is 0 Å². The molecule has 208 valence electrons. The van der Waals surface area contributed by atoms with Crippen molar-refractivity contribution in [1.82, 2.24) is 14.1 Å². The summed E-state index contributed by atoms with van der Waals surface area (Å²) in [5.41, 5.74) is 9.37. The number of likely N-dealkylation sites (tertiary alicyclic amines) is 1. The van der Waals surface area contributed by atoms with Crippen LogP contribution in [0.1, 0.15) is 36.2 Å². The topological polar surface area (TPSA) is 68.1 Å². The molecule has 0 saturated carbocycles. The SMILES string of the molecule is CSN(C)c1ccc(CN2CC(CN)C2)cc1C(=O)Nc1ccc(SN2CCN(CCC(C)C)CC2)cc1. The predicted molar refractivity (Wildman–Crippen MR) is 164 cm³/mol. The fraction of sp³-hybridized carbons (Fsp3) is 0.552. The van der Waals surface area contributed by atoms with Gasteiger partial charge in [-0.15, -0.1) is 0 Å². The third-order valence-corrected chi connectivity index (χ3v) is 9.24. The van der Waals surface area contributed by atoms with Gasteiger partial charge in [0.2, 0.25) is 0 Å². The summed E-state index contributed by atoms with van der Waals surface area (Å²) >= 11 is 3.41. The molecule has 38 heavy (non-hydrogen) atoms. The van der Waals surface area contributed by atoms with Gasteiger partial charge in [0, 0.05) is 69.7 Å². The van der Waals surface area contributed by atoms with Gasteiger partial charge in [-0.1, -0.05) is 31.9 Å². The Hall–Kier alpha value is -1.75. The average Bonchev–Trinajstić information content (AvgIpc) is 2.90. The summed E-state index contributed by atoms with van der Waals surface area (Å²) in [5, 5.41) is 3.13. The van der Waals surface area contributed by atoms with E-state index in [4.69, 9.17) is 5.73 Å². The number of carbonyl (C=O) groups excluding carboxylic acids is 1. The second-order valence-corrected chi connectivity index (χ2v) is 12.9. The van der Waals surface area contributed by atoms with Crippen molar-refractivity contribution < 1.29 is 4.79 Å². The highest BCUT2D eigenvalue weighted by Crippen LogP contribution is 2.29. The summed E-state index contributed by atoms with van der Waals surface area (Å²) in [5.74, 6) is 1.28. The van der Waals surface area contributed by atoms with Crippen molar-refractivity contribution in [2.45, 2.75) is 31.7 Å². The molecule has 2 aromatic rings. The highest BCUT2D eigenvalue weighted by molar-refractivity contribution is 7.99. The van der Waals surface area contributed by atoms with Crippen molar-refractivity contribution in [2.24, 2.45) is 17.6 Å². The first kappa shape index (κ1) is 29.2. The van der Waals surface area contributed by atoms with Crippen LogP contribution in [0, 0.1) is 11.8 Å². The Morgan fingerprint density at radius 2 is 1.79 bits per heavy atom. The van der Waals surface area contributed by atoms with Gasteiger partial charge in [0.15, 0.2) is 0 Å². The minimum absolute atomic E-state index is 0.0795. The predicted octanol–water partition coefficient (Wildman–Crippen LogP) is 4.71. The average molecular weight is 557 g/mol. The van der Waals surface area contributed by atoms with Crippen LogP contribution in [0.15, 0.2) is 47.4 Å². The van der Waals surface area contributed by atoms with E-state index < -0.39 is 0 Å². The molecule has 2 aromatic carbocycles. The molecule has 2 heterocycles. The minimum atomic E-state index is -0.0795. The summed E-state index contributed by atoms with van der Waals surface area (Å²) in [6.07, 6.45) is 3.29. The maximum atomic E-state index is 13.4. The highest BCUT2D eigenvalue weighted by Gasteiger charge is 2.26. The summed E-state index contributed by atoms with van der Waals surface area (Å²) in [4.78, 5) is 19.6. The number of anilines is 2. The van der Waals surface area contributed by atoms with Gasteiger partial charge in [-0.25, -0.2) is 4.31 Å². The zero-order valence-electron chi connectivity index (χ0n) is 23.4. The van der Waals surface area contributed by atoms with Gasteiger partial charge in [0.05, 0.1) is 11.3 Å². The molecule has 0 atom stereocenters. The van der Waals surface area contributed by atoms with Crippen LogP contribution in [0.2, 0.25) is 0 Å². The van der Waals surface area contributed by atoms with Crippen molar-refractivity contribution in [3.63, 3.8) is 0 Å². The molecule has 2 saturated heterocycles. The van der Waals surface area contributed by atoms with Crippen LogP contribution in [0.5, 0.6) is 0 Å².